The van der Waals surface area contributed by atoms with Gasteiger partial charge in [0.15, 0.2) is 11.5 Å². The summed E-state index contributed by atoms with van der Waals surface area (Å²) in [6, 6.07) is 4.34. The minimum atomic E-state index is -0.940. The van der Waals surface area contributed by atoms with Gasteiger partial charge in [0.2, 0.25) is 12.7 Å². The van der Waals surface area contributed by atoms with Crippen LogP contribution < -0.4 is 14.8 Å². The van der Waals surface area contributed by atoms with Gasteiger partial charge in [-0.1, -0.05) is 18.9 Å². The van der Waals surface area contributed by atoms with Crippen LogP contribution in [-0.2, 0) is 20.9 Å². The fourth-order valence-corrected chi connectivity index (χ4v) is 3.60. The zero-order chi connectivity index (χ0) is 19.0. The number of urea groups is 1. The van der Waals surface area contributed by atoms with Crippen molar-refractivity contribution in [3.05, 3.63) is 23.8 Å². The molecule has 3 aliphatic rings. The second-order valence-electron chi connectivity index (χ2n) is 6.75. The molecule has 1 aromatic carbocycles. The van der Waals surface area contributed by atoms with E-state index in [0.29, 0.717) is 24.3 Å². The molecule has 2 aliphatic heterocycles. The van der Waals surface area contributed by atoms with Crippen LogP contribution in [0.2, 0.25) is 0 Å². The molecule has 2 heterocycles. The number of carbonyl (C=O) groups excluding carboxylic acids is 4. The molecule has 0 atom stereocenters. The van der Waals surface area contributed by atoms with E-state index in [0.717, 1.165) is 28.2 Å². The summed E-state index contributed by atoms with van der Waals surface area (Å²) in [6.45, 7) is -0.112. The normalized spacial score (nSPS) is 19.3. The number of carbonyl (C=O) groups is 4. The topological polar surface area (TPSA) is 105 Å². The predicted octanol–water partition coefficient (Wildman–Crippen LogP) is 0.765. The maximum absolute atomic E-state index is 12.5. The Balaban J connectivity index is 1.35. The number of benzene rings is 1. The first kappa shape index (κ1) is 17.3. The van der Waals surface area contributed by atoms with Crippen LogP contribution in [0.4, 0.5) is 4.79 Å². The Morgan fingerprint density at radius 3 is 2.59 bits per heavy atom. The molecule has 0 radical (unpaired) electrons. The number of hydrogen-bond acceptors (Lipinski definition) is 6. The van der Waals surface area contributed by atoms with E-state index in [2.05, 4.69) is 5.32 Å². The maximum atomic E-state index is 12.5. The maximum Gasteiger partial charge on any atom is 0.334 e. The number of hydrogen-bond donors (Lipinski definition) is 1. The molecule has 1 N–H and O–H groups in total. The second-order valence-corrected chi connectivity index (χ2v) is 6.75. The van der Waals surface area contributed by atoms with E-state index >= 15 is 0 Å². The lowest BCUT2D eigenvalue weighted by Gasteiger charge is -2.20. The summed E-state index contributed by atoms with van der Waals surface area (Å²) in [5, 5.41) is 2.65. The lowest BCUT2D eigenvalue weighted by Crippen LogP contribution is -2.43. The number of nitrogens with zero attached hydrogens (tertiary/aromatic N) is 2. The molecule has 0 spiro atoms. The van der Waals surface area contributed by atoms with Gasteiger partial charge in [-0.3, -0.25) is 19.3 Å². The molecule has 1 saturated carbocycles. The molecular formula is C18H19N3O6. The van der Waals surface area contributed by atoms with Crippen LogP contribution in [0.3, 0.4) is 0 Å². The smallest absolute Gasteiger partial charge is 0.334 e. The van der Waals surface area contributed by atoms with Gasteiger partial charge in [-0.25, -0.2) is 9.69 Å². The van der Waals surface area contributed by atoms with E-state index in [4.69, 9.17) is 9.47 Å². The van der Waals surface area contributed by atoms with Crippen molar-refractivity contribution in [3.63, 3.8) is 0 Å². The Bertz CT molecular complexity index is 817. The molecule has 0 bridgehead atoms. The van der Waals surface area contributed by atoms with Crippen LogP contribution >= 0.6 is 0 Å². The van der Waals surface area contributed by atoms with Crippen LogP contribution in [0.15, 0.2) is 18.2 Å². The number of nitrogens with one attached hydrogen (secondary N) is 1. The van der Waals surface area contributed by atoms with Gasteiger partial charge >= 0.3 is 17.8 Å². The summed E-state index contributed by atoms with van der Waals surface area (Å²) < 4.78 is 10.5. The largest absolute Gasteiger partial charge is 0.454 e. The standard InChI is InChI=1S/C18H19N3O6/c22-15(19-8-11-5-6-13-14(7-11)27-10-26-13)9-20-16(23)17(24)21(18(20)25)12-3-1-2-4-12/h5-7,12H,1-4,8-10H2,(H,19,22). The van der Waals surface area contributed by atoms with Crippen molar-refractivity contribution in [2.45, 2.75) is 38.3 Å². The molecule has 0 aromatic heterocycles. The molecule has 5 amide bonds. The first-order valence-electron chi connectivity index (χ1n) is 8.89. The van der Waals surface area contributed by atoms with E-state index < -0.39 is 30.3 Å². The lowest BCUT2D eigenvalue weighted by atomic mass is 10.2. The molecule has 1 aromatic rings. The average molecular weight is 373 g/mol. The highest BCUT2D eigenvalue weighted by Crippen LogP contribution is 2.32. The molecule has 27 heavy (non-hydrogen) atoms. The third-order valence-electron chi connectivity index (χ3n) is 5.00. The van der Waals surface area contributed by atoms with Crippen molar-refractivity contribution >= 4 is 23.8 Å². The van der Waals surface area contributed by atoms with E-state index in [1.54, 1.807) is 18.2 Å². The van der Waals surface area contributed by atoms with Crippen molar-refractivity contribution in [1.29, 1.82) is 0 Å². The van der Waals surface area contributed by atoms with Crippen LogP contribution in [0.25, 0.3) is 0 Å². The van der Waals surface area contributed by atoms with Gasteiger partial charge in [0.25, 0.3) is 0 Å². The zero-order valence-electron chi connectivity index (χ0n) is 14.6. The number of imide groups is 2. The van der Waals surface area contributed by atoms with Gasteiger partial charge < -0.3 is 14.8 Å². The van der Waals surface area contributed by atoms with E-state index in [-0.39, 0.29) is 19.4 Å². The van der Waals surface area contributed by atoms with E-state index in [9.17, 15) is 19.2 Å². The van der Waals surface area contributed by atoms with Crippen molar-refractivity contribution in [1.82, 2.24) is 15.1 Å². The lowest BCUT2D eigenvalue weighted by molar-refractivity contribution is -0.144. The summed E-state index contributed by atoms with van der Waals surface area (Å²) in [7, 11) is 0. The summed E-state index contributed by atoms with van der Waals surface area (Å²) >= 11 is 0. The van der Waals surface area contributed by atoms with Gasteiger partial charge in [0.05, 0.1) is 0 Å². The number of amides is 5. The third kappa shape index (κ3) is 3.20. The summed E-state index contributed by atoms with van der Waals surface area (Å²) in [6.07, 6.45) is 3.25. The van der Waals surface area contributed by atoms with Gasteiger partial charge in [0.1, 0.15) is 6.54 Å². The minimum absolute atomic E-state index is 0.163. The molecule has 4 rings (SSSR count). The highest BCUT2D eigenvalue weighted by Gasteiger charge is 2.48. The Kier molecular flexibility index (Phi) is 4.43. The average Bonchev–Trinajstić information content (AvgIpc) is 3.38. The Hall–Kier alpha value is -3.10. The Labute approximate surface area is 155 Å². The molecule has 9 nitrogen and oxygen atoms in total. The molecule has 1 saturated heterocycles. The van der Waals surface area contributed by atoms with Crippen LogP contribution in [-0.4, -0.2) is 52.9 Å². The number of fused-ring (bicyclic) bond motifs is 1. The predicted molar refractivity (Wildman–Crippen MR) is 90.6 cm³/mol. The SMILES string of the molecule is O=C(CN1C(=O)C(=O)N(C2CCCC2)C1=O)NCc1ccc2c(c1)OCO2. The highest BCUT2D eigenvalue weighted by atomic mass is 16.7. The van der Waals surface area contributed by atoms with Crippen LogP contribution in [0, 0.1) is 0 Å². The number of rotatable bonds is 5. The molecule has 1 aliphatic carbocycles. The van der Waals surface area contributed by atoms with Crippen molar-refractivity contribution in [2.24, 2.45) is 0 Å². The van der Waals surface area contributed by atoms with E-state index in [1.165, 1.54) is 0 Å². The summed E-state index contributed by atoms with van der Waals surface area (Å²) in [5.74, 6) is -1.05. The van der Waals surface area contributed by atoms with Crippen LogP contribution in [0.1, 0.15) is 31.2 Å². The molecule has 2 fully saturated rings. The molecule has 0 unspecified atom stereocenters. The van der Waals surface area contributed by atoms with Gasteiger partial charge in [-0.15, -0.1) is 0 Å². The first-order valence-corrected chi connectivity index (χ1v) is 8.89. The third-order valence-corrected chi connectivity index (χ3v) is 5.00. The second kappa shape index (κ2) is 6.90. The molecule has 142 valence electrons. The number of ether oxygens (including phenoxy) is 2. The van der Waals surface area contributed by atoms with Crippen molar-refractivity contribution in [3.8, 4) is 11.5 Å². The summed E-state index contributed by atoms with van der Waals surface area (Å²) in [5.41, 5.74) is 0.787. The highest BCUT2D eigenvalue weighted by molar-refractivity contribution is 6.45. The van der Waals surface area contributed by atoms with Gasteiger partial charge in [-0.05, 0) is 30.5 Å². The van der Waals surface area contributed by atoms with E-state index in [1.807, 2.05) is 0 Å². The van der Waals surface area contributed by atoms with Crippen LogP contribution in [0.5, 0.6) is 11.5 Å². The minimum Gasteiger partial charge on any atom is -0.454 e. The Morgan fingerprint density at radius 1 is 1.07 bits per heavy atom. The van der Waals surface area contributed by atoms with Gasteiger partial charge in [-0.2, -0.15) is 0 Å². The fourth-order valence-electron chi connectivity index (χ4n) is 3.60. The monoisotopic (exact) mass is 373 g/mol. The first-order chi connectivity index (χ1) is 13.0. The fraction of sp³-hybridized carbons (Fsp3) is 0.444. The van der Waals surface area contributed by atoms with Crippen molar-refractivity contribution < 1.29 is 28.7 Å². The zero-order valence-corrected chi connectivity index (χ0v) is 14.6. The molecular weight excluding hydrogens is 354 g/mol. The van der Waals surface area contributed by atoms with Crippen molar-refractivity contribution in [2.75, 3.05) is 13.3 Å². The quantitative estimate of drug-likeness (QED) is 0.604. The Morgan fingerprint density at radius 2 is 1.81 bits per heavy atom. The van der Waals surface area contributed by atoms with Gasteiger partial charge in [0, 0.05) is 12.6 Å². The summed E-state index contributed by atoms with van der Waals surface area (Å²) in [4.78, 5) is 50.6. The molecule has 9 heteroatoms.